The average Bonchev–Trinajstić information content (AvgIpc) is 2.48. The lowest BCUT2D eigenvalue weighted by Crippen LogP contribution is -2.32. The first-order valence-corrected chi connectivity index (χ1v) is 8.96. The number of alkyl halides is 3. The minimum Gasteiger partial charge on any atom is -0.374 e. The van der Waals surface area contributed by atoms with Gasteiger partial charge in [-0.05, 0) is 50.0 Å². The second kappa shape index (κ2) is 6.86. The lowest BCUT2D eigenvalue weighted by atomic mass is 9.89. The van der Waals surface area contributed by atoms with E-state index in [1.165, 1.54) is 6.07 Å². The van der Waals surface area contributed by atoms with E-state index in [-0.39, 0.29) is 10.9 Å². The standard InChI is InChI=1S/C14H17ClF3NO3S/c1-2-19-8-6-10(7-9-19)11-4-3-5-12(13(11)15)22-23(20,21)14(16,17)18/h3-5,10H,2,6-9H2,1H3. The molecule has 1 fully saturated rings. The number of piperidine rings is 1. The Bertz CT molecular complexity index is 656. The Kier molecular flexibility index (Phi) is 5.48. The highest BCUT2D eigenvalue weighted by atomic mass is 35.5. The van der Waals surface area contributed by atoms with Crippen LogP contribution in [0.2, 0.25) is 5.02 Å². The predicted molar refractivity (Wildman–Crippen MR) is 81.1 cm³/mol. The molecule has 1 aliphatic rings. The van der Waals surface area contributed by atoms with Gasteiger partial charge in [-0.25, -0.2) is 0 Å². The van der Waals surface area contributed by atoms with Gasteiger partial charge in [0, 0.05) is 0 Å². The van der Waals surface area contributed by atoms with Crippen molar-refractivity contribution in [1.29, 1.82) is 0 Å². The fourth-order valence-corrected chi connectivity index (χ4v) is 3.47. The summed E-state index contributed by atoms with van der Waals surface area (Å²) in [4.78, 5) is 2.26. The summed E-state index contributed by atoms with van der Waals surface area (Å²) in [6.45, 7) is 4.73. The monoisotopic (exact) mass is 371 g/mol. The highest BCUT2D eigenvalue weighted by Gasteiger charge is 2.48. The molecule has 0 N–H and O–H groups in total. The quantitative estimate of drug-likeness (QED) is 0.597. The zero-order valence-electron chi connectivity index (χ0n) is 12.4. The molecule has 2 rings (SSSR count). The predicted octanol–water partition coefficient (Wildman–Crippen LogP) is 3.77. The number of hydrogen-bond donors (Lipinski definition) is 0. The lowest BCUT2D eigenvalue weighted by Gasteiger charge is -2.31. The summed E-state index contributed by atoms with van der Waals surface area (Å²) in [7, 11) is -5.73. The highest BCUT2D eigenvalue weighted by molar-refractivity contribution is 7.88. The third-order valence-corrected chi connectivity index (χ3v) is 5.32. The molecule has 23 heavy (non-hydrogen) atoms. The van der Waals surface area contributed by atoms with E-state index >= 15 is 0 Å². The van der Waals surface area contributed by atoms with E-state index in [0.29, 0.717) is 5.56 Å². The minimum absolute atomic E-state index is 0.0717. The molecular weight excluding hydrogens is 355 g/mol. The third-order valence-electron chi connectivity index (χ3n) is 3.95. The van der Waals surface area contributed by atoms with Gasteiger partial charge in [0.1, 0.15) is 0 Å². The summed E-state index contributed by atoms with van der Waals surface area (Å²) < 4.78 is 63.7. The molecule has 0 atom stereocenters. The van der Waals surface area contributed by atoms with Crippen LogP contribution < -0.4 is 4.18 Å². The van der Waals surface area contributed by atoms with Gasteiger partial charge >= 0.3 is 15.6 Å². The normalized spacial score (nSPS) is 18.1. The van der Waals surface area contributed by atoms with Crippen molar-refractivity contribution in [3.05, 3.63) is 28.8 Å². The average molecular weight is 372 g/mol. The smallest absolute Gasteiger partial charge is 0.374 e. The highest BCUT2D eigenvalue weighted by Crippen LogP contribution is 2.39. The Morgan fingerprint density at radius 2 is 1.91 bits per heavy atom. The van der Waals surface area contributed by atoms with Gasteiger partial charge in [-0.15, -0.1) is 0 Å². The third kappa shape index (κ3) is 4.10. The fourth-order valence-electron chi connectivity index (χ4n) is 2.63. The molecule has 0 aromatic heterocycles. The molecular formula is C14H17ClF3NO3S. The van der Waals surface area contributed by atoms with Crippen LogP contribution in [0, 0.1) is 0 Å². The lowest BCUT2D eigenvalue weighted by molar-refractivity contribution is -0.0500. The van der Waals surface area contributed by atoms with Gasteiger partial charge in [0.05, 0.1) is 5.02 Å². The number of likely N-dealkylation sites (tertiary alicyclic amines) is 1. The summed E-state index contributed by atoms with van der Waals surface area (Å²) in [5.41, 5.74) is -4.86. The number of nitrogens with zero attached hydrogens (tertiary/aromatic N) is 1. The SMILES string of the molecule is CCN1CCC(c2cccc(OS(=O)(=O)C(F)(F)F)c2Cl)CC1. The molecule has 4 nitrogen and oxygen atoms in total. The van der Waals surface area contributed by atoms with E-state index < -0.39 is 21.4 Å². The summed E-state index contributed by atoms with van der Waals surface area (Å²) in [5.74, 6) is -0.415. The molecule has 9 heteroatoms. The van der Waals surface area contributed by atoms with E-state index in [9.17, 15) is 21.6 Å². The van der Waals surface area contributed by atoms with Crippen LogP contribution in [0.4, 0.5) is 13.2 Å². The summed E-state index contributed by atoms with van der Waals surface area (Å²) in [5, 5.41) is -0.0738. The Balaban J connectivity index is 2.23. The molecule has 1 aromatic rings. The van der Waals surface area contributed by atoms with Crippen LogP contribution in [0.15, 0.2) is 18.2 Å². The van der Waals surface area contributed by atoms with Crippen molar-refractivity contribution in [2.24, 2.45) is 0 Å². The Hall–Kier alpha value is -0.990. The van der Waals surface area contributed by atoms with E-state index in [1.807, 2.05) is 0 Å². The summed E-state index contributed by atoms with van der Waals surface area (Å²) in [6.07, 6.45) is 1.62. The van der Waals surface area contributed by atoms with Crippen LogP contribution in [-0.4, -0.2) is 38.5 Å². The molecule has 1 aliphatic heterocycles. The summed E-state index contributed by atoms with van der Waals surface area (Å²) in [6, 6.07) is 4.27. The first-order chi connectivity index (χ1) is 10.7. The Morgan fingerprint density at radius 1 is 1.30 bits per heavy atom. The van der Waals surface area contributed by atoms with Crippen LogP contribution in [0.3, 0.4) is 0 Å². The van der Waals surface area contributed by atoms with Gasteiger partial charge < -0.3 is 9.08 Å². The van der Waals surface area contributed by atoms with E-state index in [1.54, 1.807) is 6.07 Å². The van der Waals surface area contributed by atoms with E-state index in [2.05, 4.69) is 16.0 Å². The van der Waals surface area contributed by atoms with Crippen LogP contribution in [0.5, 0.6) is 5.75 Å². The maximum atomic E-state index is 12.4. The molecule has 0 unspecified atom stereocenters. The van der Waals surface area contributed by atoms with Crippen molar-refractivity contribution in [2.75, 3.05) is 19.6 Å². The van der Waals surface area contributed by atoms with Crippen LogP contribution in [0.25, 0.3) is 0 Å². The first-order valence-electron chi connectivity index (χ1n) is 7.17. The largest absolute Gasteiger partial charge is 0.534 e. The van der Waals surface area contributed by atoms with Crippen molar-refractivity contribution in [3.63, 3.8) is 0 Å². The molecule has 0 bridgehead atoms. The Labute approximate surface area is 138 Å². The van der Waals surface area contributed by atoms with Crippen LogP contribution in [-0.2, 0) is 10.1 Å². The van der Waals surface area contributed by atoms with E-state index in [4.69, 9.17) is 11.6 Å². The van der Waals surface area contributed by atoms with Crippen molar-refractivity contribution in [1.82, 2.24) is 4.90 Å². The molecule has 0 radical (unpaired) electrons. The first kappa shape index (κ1) is 18.4. The number of rotatable bonds is 4. The van der Waals surface area contributed by atoms with Gasteiger partial charge in [0.25, 0.3) is 0 Å². The van der Waals surface area contributed by atoms with Crippen molar-refractivity contribution >= 4 is 21.7 Å². The number of benzene rings is 1. The second-order valence-corrected chi connectivity index (χ2v) is 7.27. The molecule has 0 saturated carbocycles. The number of hydrogen-bond acceptors (Lipinski definition) is 4. The maximum Gasteiger partial charge on any atom is 0.534 e. The van der Waals surface area contributed by atoms with Crippen molar-refractivity contribution in [2.45, 2.75) is 31.2 Å². The zero-order chi connectivity index (χ0) is 17.3. The topological polar surface area (TPSA) is 46.6 Å². The maximum absolute atomic E-state index is 12.4. The van der Waals surface area contributed by atoms with Crippen molar-refractivity contribution < 1.29 is 25.8 Å². The second-order valence-electron chi connectivity index (χ2n) is 5.35. The fraction of sp³-hybridized carbons (Fsp3) is 0.571. The van der Waals surface area contributed by atoms with Gasteiger partial charge in [0.2, 0.25) is 0 Å². The molecule has 1 saturated heterocycles. The van der Waals surface area contributed by atoms with Gasteiger partial charge in [-0.1, -0.05) is 30.7 Å². The van der Waals surface area contributed by atoms with Gasteiger partial charge in [0.15, 0.2) is 5.75 Å². The summed E-state index contributed by atoms with van der Waals surface area (Å²) >= 11 is 6.10. The van der Waals surface area contributed by atoms with E-state index in [0.717, 1.165) is 38.5 Å². The molecule has 0 aliphatic carbocycles. The molecule has 130 valence electrons. The van der Waals surface area contributed by atoms with Crippen LogP contribution in [0.1, 0.15) is 31.2 Å². The zero-order valence-corrected chi connectivity index (χ0v) is 14.0. The Morgan fingerprint density at radius 3 is 2.43 bits per heavy atom. The minimum atomic E-state index is -5.73. The van der Waals surface area contributed by atoms with Crippen LogP contribution >= 0.6 is 11.6 Å². The molecule has 0 amide bonds. The molecule has 1 heterocycles. The van der Waals surface area contributed by atoms with Gasteiger partial charge in [-0.3, -0.25) is 0 Å². The molecule has 1 aromatic carbocycles. The van der Waals surface area contributed by atoms with Gasteiger partial charge in [-0.2, -0.15) is 21.6 Å². The molecule has 0 spiro atoms. The van der Waals surface area contributed by atoms with Crippen molar-refractivity contribution in [3.8, 4) is 5.75 Å². The number of halogens is 4.